The van der Waals surface area contributed by atoms with Crippen molar-refractivity contribution in [3.8, 4) is 5.75 Å². The number of ether oxygens (including phenoxy) is 2. The van der Waals surface area contributed by atoms with Gasteiger partial charge in [-0.1, -0.05) is 18.2 Å². The average molecular weight is 531 g/mol. The summed E-state index contributed by atoms with van der Waals surface area (Å²) >= 11 is 0. The minimum Gasteiger partial charge on any atom is -0.462 e. The van der Waals surface area contributed by atoms with Crippen LogP contribution in [0.4, 0.5) is 4.39 Å². The highest BCUT2D eigenvalue weighted by molar-refractivity contribution is 7.52. The Hall–Kier alpha value is -2.83. The van der Waals surface area contributed by atoms with Gasteiger partial charge >= 0.3 is 19.4 Å². The lowest BCUT2D eigenvalue weighted by Gasteiger charge is -2.28. The molecule has 2 rings (SSSR count). The van der Waals surface area contributed by atoms with Crippen molar-refractivity contribution >= 4 is 13.7 Å². The van der Waals surface area contributed by atoms with E-state index in [-0.39, 0.29) is 12.4 Å². The number of rotatable bonds is 14. The third kappa shape index (κ3) is 8.68. The zero-order valence-corrected chi connectivity index (χ0v) is 21.2. The minimum absolute atomic E-state index is 0.0309. The summed E-state index contributed by atoms with van der Waals surface area (Å²) in [6.45, 7) is 5.30. The van der Waals surface area contributed by atoms with Crippen molar-refractivity contribution < 1.29 is 37.4 Å². The molecule has 0 aliphatic rings. The van der Waals surface area contributed by atoms with Gasteiger partial charge in [0.05, 0.1) is 12.7 Å². The molecule has 1 aromatic carbocycles. The van der Waals surface area contributed by atoms with Crippen LogP contribution in [-0.4, -0.2) is 58.3 Å². The van der Waals surface area contributed by atoms with Crippen molar-refractivity contribution in [1.29, 1.82) is 0 Å². The van der Waals surface area contributed by atoms with Crippen molar-refractivity contribution in [2.24, 2.45) is 0 Å². The van der Waals surface area contributed by atoms with Gasteiger partial charge in [-0.2, -0.15) is 5.09 Å². The van der Waals surface area contributed by atoms with Gasteiger partial charge in [0.25, 0.3) is 5.56 Å². The molecule has 0 saturated carbocycles. The monoisotopic (exact) mass is 531 g/mol. The van der Waals surface area contributed by atoms with E-state index in [1.165, 1.54) is 19.1 Å². The predicted molar refractivity (Wildman–Crippen MR) is 127 cm³/mol. The first-order valence-electron chi connectivity index (χ1n) is 11.2. The number of nitrogens with one attached hydrogen (secondary N) is 2. The van der Waals surface area contributed by atoms with E-state index in [1.54, 1.807) is 39.0 Å². The summed E-state index contributed by atoms with van der Waals surface area (Å²) in [6.07, 6.45) is -5.23. The molecule has 0 amide bonds. The predicted octanol–water partition coefficient (Wildman–Crippen LogP) is 1.90. The molecule has 0 saturated heterocycles. The number of hydrogen-bond donors (Lipinski definition) is 3. The van der Waals surface area contributed by atoms with E-state index >= 15 is 4.39 Å². The molecule has 0 aliphatic heterocycles. The lowest BCUT2D eigenvalue weighted by Crippen LogP contribution is -2.42. The molecule has 0 bridgehead atoms. The van der Waals surface area contributed by atoms with Gasteiger partial charge < -0.3 is 19.1 Å². The Morgan fingerprint density at radius 3 is 2.44 bits per heavy atom. The molecule has 3 N–H and O–H groups in total. The molecule has 36 heavy (non-hydrogen) atoms. The summed E-state index contributed by atoms with van der Waals surface area (Å²) in [7, 11) is -4.36. The van der Waals surface area contributed by atoms with Gasteiger partial charge in [0, 0.05) is 18.9 Å². The fourth-order valence-corrected chi connectivity index (χ4v) is 4.42. The Balaban J connectivity index is 2.21. The number of H-pyrrole nitrogens is 1. The van der Waals surface area contributed by atoms with E-state index in [2.05, 4.69) is 5.09 Å². The van der Waals surface area contributed by atoms with Crippen LogP contribution in [0.25, 0.3) is 0 Å². The van der Waals surface area contributed by atoms with Gasteiger partial charge in [0.15, 0.2) is 12.4 Å². The normalized spacial score (nSPS) is 16.5. The zero-order valence-electron chi connectivity index (χ0n) is 20.3. The zero-order chi connectivity index (χ0) is 26.9. The van der Waals surface area contributed by atoms with Crippen LogP contribution >= 0.6 is 7.75 Å². The molecular formula is C22H31FN3O9P. The summed E-state index contributed by atoms with van der Waals surface area (Å²) in [4.78, 5) is 37.6. The minimum atomic E-state index is -4.36. The smallest absolute Gasteiger partial charge is 0.459 e. The third-order valence-electron chi connectivity index (χ3n) is 4.54. The first kappa shape index (κ1) is 29.4. The van der Waals surface area contributed by atoms with Gasteiger partial charge in [-0.05, 0) is 39.8 Å². The van der Waals surface area contributed by atoms with Crippen molar-refractivity contribution in [3.05, 3.63) is 63.4 Å². The molecule has 5 atom stereocenters. The number of halogens is 1. The van der Waals surface area contributed by atoms with E-state index in [1.807, 2.05) is 4.98 Å². The lowest BCUT2D eigenvalue weighted by molar-refractivity contribution is -0.149. The van der Waals surface area contributed by atoms with Crippen molar-refractivity contribution in [1.82, 2.24) is 14.6 Å². The number of nitrogens with zero attached hydrogens (tertiary/aromatic N) is 1. The molecule has 0 spiro atoms. The van der Waals surface area contributed by atoms with Gasteiger partial charge in [-0.3, -0.25) is 23.7 Å². The maximum Gasteiger partial charge on any atom is 0.459 e. The Bertz CT molecular complexity index is 1140. The Morgan fingerprint density at radius 2 is 1.86 bits per heavy atom. The SMILES string of the molecule is CCO[C@H]([C@H](F)C(O)COP(=O)(NC(C)C(=O)OC(C)C)Oc1ccccc1)n1ccc(=O)[nH]c1=O. The maximum atomic E-state index is 15.2. The Kier molecular flexibility index (Phi) is 11.0. The third-order valence-corrected chi connectivity index (χ3v) is 6.19. The molecule has 1 heterocycles. The molecule has 3 unspecified atom stereocenters. The number of alkyl halides is 1. The van der Waals surface area contributed by atoms with Crippen LogP contribution in [0.5, 0.6) is 5.75 Å². The van der Waals surface area contributed by atoms with Gasteiger partial charge in [0.2, 0.25) is 0 Å². The molecule has 0 aliphatic carbocycles. The van der Waals surface area contributed by atoms with Crippen LogP contribution < -0.4 is 20.9 Å². The number of esters is 1. The highest BCUT2D eigenvalue weighted by atomic mass is 31.2. The first-order chi connectivity index (χ1) is 17.0. The average Bonchev–Trinajstić information content (AvgIpc) is 2.81. The van der Waals surface area contributed by atoms with Crippen LogP contribution in [0.1, 0.15) is 33.9 Å². The van der Waals surface area contributed by atoms with E-state index < -0.39 is 62.2 Å². The highest BCUT2D eigenvalue weighted by Gasteiger charge is 2.37. The Morgan fingerprint density at radius 1 is 1.19 bits per heavy atom. The second kappa shape index (κ2) is 13.5. The van der Waals surface area contributed by atoms with Crippen molar-refractivity contribution in [2.75, 3.05) is 13.2 Å². The van der Waals surface area contributed by atoms with E-state index in [9.17, 15) is 24.1 Å². The number of aliphatic hydroxyl groups excluding tert-OH is 1. The molecule has 14 heteroatoms. The van der Waals surface area contributed by atoms with Crippen molar-refractivity contribution in [2.45, 2.75) is 58.3 Å². The molecule has 1 aromatic heterocycles. The Labute approximate surface area is 206 Å². The number of carbonyl (C=O) groups is 1. The van der Waals surface area contributed by atoms with Gasteiger partial charge in [-0.25, -0.2) is 13.8 Å². The van der Waals surface area contributed by atoms with E-state index in [4.69, 9.17) is 18.5 Å². The summed E-state index contributed by atoms with van der Waals surface area (Å²) < 4.78 is 50.5. The van der Waals surface area contributed by atoms with Crippen LogP contribution in [0.2, 0.25) is 0 Å². The molecule has 0 fully saturated rings. The van der Waals surface area contributed by atoms with E-state index in [0.717, 1.165) is 16.8 Å². The summed E-state index contributed by atoms with van der Waals surface area (Å²) in [6, 6.07) is 7.73. The largest absolute Gasteiger partial charge is 0.462 e. The molecule has 200 valence electrons. The summed E-state index contributed by atoms with van der Waals surface area (Å²) in [5.74, 6) is -0.612. The standard InChI is InChI=1S/C22H31FN3O9P/c1-5-32-20(26-12-11-18(28)24-22(26)30)19(23)17(27)13-33-36(31,35-16-9-7-6-8-10-16)25-15(4)21(29)34-14(2)3/h6-12,14-15,17,19-20,27H,5,13H2,1-4H3,(H,25,31)(H,24,28,30)/t15?,17?,19-,20-,36?/m1/s1. The molecular weight excluding hydrogens is 500 g/mol. The van der Waals surface area contributed by atoms with E-state index in [0.29, 0.717) is 0 Å². The summed E-state index contributed by atoms with van der Waals surface area (Å²) in [5.41, 5.74) is -1.64. The number of benzene rings is 1. The number of aliphatic hydroxyl groups is 1. The lowest BCUT2D eigenvalue weighted by atomic mass is 10.2. The van der Waals surface area contributed by atoms with Gasteiger partial charge in [0.1, 0.15) is 17.9 Å². The number of hydrogen-bond acceptors (Lipinski definition) is 9. The summed E-state index contributed by atoms with van der Waals surface area (Å²) in [5, 5.41) is 12.9. The van der Waals surface area contributed by atoms with Crippen LogP contribution in [0, 0.1) is 0 Å². The molecule has 12 nitrogen and oxygen atoms in total. The highest BCUT2D eigenvalue weighted by Crippen LogP contribution is 2.45. The number of para-hydroxylation sites is 1. The van der Waals surface area contributed by atoms with Crippen LogP contribution in [-0.2, 0) is 23.4 Å². The topological polar surface area (TPSA) is 158 Å². The van der Waals surface area contributed by atoms with Crippen molar-refractivity contribution in [3.63, 3.8) is 0 Å². The second-order valence-corrected chi connectivity index (χ2v) is 9.60. The number of carbonyl (C=O) groups excluding carboxylic acids is 1. The quantitative estimate of drug-likeness (QED) is 0.243. The molecule has 2 aromatic rings. The fourth-order valence-electron chi connectivity index (χ4n) is 2.91. The number of aromatic amines is 1. The number of aromatic nitrogens is 2. The van der Waals surface area contributed by atoms with Gasteiger partial charge in [-0.15, -0.1) is 0 Å². The molecule has 0 radical (unpaired) electrons. The van der Waals surface area contributed by atoms with Crippen LogP contribution in [0.15, 0.2) is 52.2 Å². The maximum absolute atomic E-state index is 15.2. The second-order valence-electron chi connectivity index (χ2n) is 7.91. The fraction of sp³-hybridized carbons (Fsp3) is 0.500. The first-order valence-corrected chi connectivity index (χ1v) is 12.7. The van der Waals surface area contributed by atoms with Crippen LogP contribution in [0.3, 0.4) is 0 Å².